The molecule has 8 heteroatoms. The SMILES string of the molecule is O=CC(=O)NCCCNC(=O)CCNC(=O)C=O. The van der Waals surface area contributed by atoms with Crippen molar-refractivity contribution in [1.82, 2.24) is 16.0 Å². The number of hydrogen-bond donors (Lipinski definition) is 3. The Morgan fingerprint density at radius 3 is 1.83 bits per heavy atom. The minimum absolute atomic E-state index is 0.0697. The smallest absolute Gasteiger partial charge is 0.284 e. The molecule has 0 fully saturated rings. The summed E-state index contributed by atoms with van der Waals surface area (Å²) in [6, 6.07) is 0. The van der Waals surface area contributed by atoms with Crippen LogP contribution < -0.4 is 16.0 Å². The molecular weight excluding hydrogens is 242 g/mol. The fourth-order valence-corrected chi connectivity index (χ4v) is 0.999. The van der Waals surface area contributed by atoms with Crippen LogP contribution >= 0.6 is 0 Å². The van der Waals surface area contributed by atoms with Crippen LogP contribution in [0, 0.1) is 0 Å². The molecule has 0 aromatic heterocycles. The van der Waals surface area contributed by atoms with Gasteiger partial charge in [0.05, 0.1) is 0 Å². The highest BCUT2D eigenvalue weighted by Gasteiger charge is 2.02. The Kier molecular flexibility index (Phi) is 8.70. The lowest BCUT2D eigenvalue weighted by molar-refractivity contribution is -0.131. The van der Waals surface area contributed by atoms with E-state index in [4.69, 9.17) is 0 Å². The highest BCUT2D eigenvalue weighted by molar-refractivity contribution is 6.23. The molecule has 0 aliphatic rings. The topological polar surface area (TPSA) is 121 Å². The molecule has 8 nitrogen and oxygen atoms in total. The largest absolute Gasteiger partial charge is 0.356 e. The van der Waals surface area contributed by atoms with Gasteiger partial charge in [0, 0.05) is 26.1 Å². The molecular formula is C10H15N3O5. The zero-order valence-electron chi connectivity index (χ0n) is 9.73. The molecule has 0 atom stereocenters. The summed E-state index contributed by atoms with van der Waals surface area (Å²) in [6.07, 6.45) is 0.869. The van der Waals surface area contributed by atoms with Gasteiger partial charge in [0.1, 0.15) is 0 Å². The molecule has 0 spiro atoms. The van der Waals surface area contributed by atoms with Crippen molar-refractivity contribution in [3.63, 3.8) is 0 Å². The molecule has 100 valence electrons. The van der Waals surface area contributed by atoms with E-state index in [1.165, 1.54) is 0 Å². The molecule has 0 rings (SSSR count). The van der Waals surface area contributed by atoms with Crippen LogP contribution in [0.4, 0.5) is 0 Å². The van der Waals surface area contributed by atoms with Gasteiger partial charge >= 0.3 is 0 Å². The van der Waals surface area contributed by atoms with E-state index in [0.717, 1.165) is 0 Å². The van der Waals surface area contributed by atoms with Crippen molar-refractivity contribution in [2.24, 2.45) is 0 Å². The first kappa shape index (κ1) is 15.8. The predicted molar refractivity (Wildman–Crippen MR) is 60.4 cm³/mol. The van der Waals surface area contributed by atoms with Crippen molar-refractivity contribution >= 4 is 30.3 Å². The Bertz CT molecular complexity index is 329. The van der Waals surface area contributed by atoms with Gasteiger partial charge in [0.15, 0.2) is 0 Å². The zero-order valence-corrected chi connectivity index (χ0v) is 9.73. The van der Waals surface area contributed by atoms with Crippen molar-refractivity contribution in [2.75, 3.05) is 19.6 Å². The maximum absolute atomic E-state index is 11.2. The Hall–Kier alpha value is -2.25. The van der Waals surface area contributed by atoms with E-state index in [1.54, 1.807) is 0 Å². The quantitative estimate of drug-likeness (QED) is 0.240. The zero-order chi connectivity index (χ0) is 13.8. The van der Waals surface area contributed by atoms with E-state index in [2.05, 4.69) is 16.0 Å². The second-order valence-electron chi connectivity index (χ2n) is 3.27. The summed E-state index contributed by atoms with van der Waals surface area (Å²) in [6.45, 7) is 0.727. The molecule has 0 unspecified atom stereocenters. The van der Waals surface area contributed by atoms with Crippen LogP contribution in [0.1, 0.15) is 12.8 Å². The van der Waals surface area contributed by atoms with E-state index in [-0.39, 0.29) is 31.4 Å². The Balaban J connectivity index is 3.42. The molecule has 18 heavy (non-hydrogen) atoms. The molecule has 0 saturated heterocycles. The monoisotopic (exact) mass is 257 g/mol. The van der Waals surface area contributed by atoms with Crippen molar-refractivity contribution in [3.05, 3.63) is 0 Å². The van der Waals surface area contributed by atoms with Crippen LogP contribution in [0.15, 0.2) is 0 Å². The molecule has 0 bridgehead atoms. The van der Waals surface area contributed by atoms with Crippen LogP contribution in [0.5, 0.6) is 0 Å². The third kappa shape index (κ3) is 9.01. The Labute approximate surface area is 103 Å². The summed E-state index contributed by atoms with van der Waals surface area (Å²) in [5.74, 6) is -1.74. The minimum atomic E-state index is -0.764. The maximum atomic E-state index is 11.2. The number of hydrogen-bond acceptors (Lipinski definition) is 5. The number of carbonyl (C=O) groups is 5. The third-order valence-corrected chi connectivity index (χ3v) is 1.84. The first-order valence-electron chi connectivity index (χ1n) is 5.33. The van der Waals surface area contributed by atoms with Crippen molar-refractivity contribution in [2.45, 2.75) is 12.8 Å². The van der Waals surface area contributed by atoms with E-state index >= 15 is 0 Å². The molecule has 0 saturated carbocycles. The highest BCUT2D eigenvalue weighted by Crippen LogP contribution is 1.79. The van der Waals surface area contributed by atoms with Gasteiger partial charge in [-0.1, -0.05) is 0 Å². The lowest BCUT2D eigenvalue weighted by Gasteiger charge is -2.05. The molecule has 0 aromatic carbocycles. The molecule has 0 radical (unpaired) electrons. The summed E-state index contributed by atoms with van der Waals surface area (Å²) in [5.41, 5.74) is 0. The van der Waals surface area contributed by atoms with Gasteiger partial charge in [-0.3, -0.25) is 24.0 Å². The van der Waals surface area contributed by atoms with Gasteiger partial charge in [-0.15, -0.1) is 0 Å². The molecule has 0 heterocycles. The molecule has 3 N–H and O–H groups in total. The van der Waals surface area contributed by atoms with E-state index in [1.807, 2.05) is 0 Å². The van der Waals surface area contributed by atoms with Crippen molar-refractivity contribution < 1.29 is 24.0 Å². The van der Waals surface area contributed by atoms with Crippen LogP contribution in [-0.4, -0.2) is 49.9 Å². The normalized spacial score (nSPS) is 9.11. The summed E-state index contributed by atoms with van der Waals surface area (Å²) in [4.78, 5) is 52.1. The second-order valence-corrected chi connectivity index (χ2v) is 3.27. The summed E-state index contributed by atoms with van der Waals surface area (Å²) in [5, 5.41) is 7.09. The summed E-state index contributed by atoms with van der Waals surface area (Å²) in [7, 11) is 0. The van der Waals surface area contributed by atoms with Crippen LogP contribution in [0.25, 0.3) is 0 Å². The van der Waals surface area contributed by atoms with Gasteiger partial charge < -0.3 is 16.0 Å². The average Bonchev–Trinajstić information content (AvgIpc) is 2.37. The van der Waals surface area contributed by atoms with E-state index < -0.39 is 11.8 Å². The highest BCUT2D eigenvalue weighted by atomic mass is 16.2. The van der Waals surface area contributed by atoms with Crippen molar-refractivity contribution in [1.29, 1.82) is 0 Å². The lowest BCUT2D eigenvalue weighted by atomic mass is 10.3. The van der Waals surface area contributed by atoms with Crippen LogP contribution in [-0.2, 0) is 24.0 Å². The molecule has 0 aromatic rings. The molecule has 0 aliphatic heterocycles. The van der Waals surface area contributed by atoms with Gasteiger partial charge in [-0.2, -0.15) is 0 Å². The standard InChI is InChI=1S/C10H15N3O5/c14-6-9(17)12-4-1-3-11-8(16)2-5-13-10(18)7-15/h6-7H,1-5H2,(H,11,16)(H,12,17)(H,13,18). The Morgan fingerprint density at radius 2 is 1.28 bits per heavy atom. The first-order chi connectivity index (χ1) is 8.60. The molecule has 0 aliphatic carbocycles. The van der Waals surface area contributed by atoms with E-state index in [0.29, 0.717) is 19.5 Å². The predicted octanol–water partition coefficient (Wildman–Crippen LogP) is -2.49. The first-order valence-corrected chi connectivity index (χ1v) is 5.33. The molecule has 3 amide bonds. The average molecular weight is 257 g/mol. The van der Waals surface area contributed by atoms with Gasteiger partial charge in [-0.25, -0.2) is 0 Å². The van der Waals surface area contributed by atoms with Crippen molar-refractivity contribution in [3.8, 4) is 0 Å². The third-order valence-electron chi connectivity index (χ3n) is 1.84. The fraction of sp³-hybridized carbons (Fsp3) is 0.500. The second kappa shape index (κ2) is 9.94. The number of nitrogens with one attached hydrogen (secondary N) is 3. The summed E-state index contributed by atoms with van der Waals surface area (Å²) >= 11 is 0. The Morgan fingerprint density at radius 1 is 0.778 bits per heavy atom. The lowest BCUT2D eigenvalue weighted by Crippen LogP contribution is -2.33. The van der Waals surface area contributed by atoms with Gasteiger partial charge in [0.2, 0.25) is 18.5 Å². The number of amides is 3. The maximum Gasteiger partial charge on any atom is 0.284 e. The number of aldehydes is 2. The van der Waals surface area contributed by atoms with Crippen LogP contribution in [0.3, 0.4) is 0 Å². The van der Waals surface area contributed by atoms with E-state index in [9.17, 15) is 24.0 Å². The fourth-order valence-electron chi connectivity index (χ4n) is 0.999. The summed E-state index contributed by atoms with van der Waals surface area (Å²) < 4.78 is 0. The van der Waals surface area contributed by atoms with Gasteiger partial charge in [-0.05, 0) is 6.42 Å². The van der Waals surface area contributed by atoms with Gasteiger partial charge in [0.25, 0.3) is 11.8 Å². The minimum Gasteiger partial charge on any atom is -0.356 e. The van der Waals surface area contributed by atoms with Crippen LogP contribution in [0.2, 0.25) is 0 Å². The number of carbonyl (C=O) groups excluding carboxylic acids is 5. The number of rotatable bonds is 9.